The predicted molar refractivity (Wildman–Crippen MR) is 109 cm³/mol. The Morgan fingerprint density at radius 2 is 1.90 bits per heavy atom. The zero-order chi connectivity index (χ0) is 22.2. The van der Waals surface area contributed by atoms with Crippen LogP contribution in [-0.2, 0) is 0 Å². The summed E-state index contributed by atoms with van der Waals surface area (Å²) in [5.74, 6) is -4.47. The number of H-pyrrole nitrogens is 1. The number of halogens is 3. The van der Waals surface area contributed by atoms with Crippen LogP contribution < -0.4 is 32.4 Å². The van der Waals surface area contributed by atoms with Gasteiger partial charge in [0.2, 0.25) is 0 Å². The maximum Gasteiger partial charge on any atom is 0.329 e. The molecule has 3 aliphatic rings. The van der Waals surface area contributed by atoms with Crippen LogP contribution in [0.15, 0.2) is 9.59 Å². The van der Waals surface area contributed by atoms with Crippen molar-refractivity contribution in [3.05, 3.63) is 26.7 Å². The van der Waals surface area contributed by atoms with Gasteiger partial charge in [0.25, 0.3) is 11.5 Å². The summed E-state index contributed by atoms with van der Waals surface area (Å²) in [6.45, 7) is 0.417. The van der Waals surface area contributed by atoms with Crippen LogP contribution in [-0.4, -0.2) is 41.7 Å². The molecular formula is C20H24F3N5O3. The lowest BCUT2D eigenvalue weighted by molar-refractivity contribution is -0.0794. The summed E-state index contributed by atoms with van der Waals surface area (Å²) in [5.41, 5.74) is 10.2. The first kappa shape index (κ1) is 20.2. The van der Waals surface area contributed by atoms with Gasteiger partial charge < -0.3 is 21.1 Å². The van der Waals surface area contributed by atoms with Crippen molar-refractivity contribution < 1.29 is 17.9 Å². The highest BCUT2D eigenvalue weighted by Crippen LogP contribution is 2.49. The minimum Gasteiger partial charge on any atom is -0.492 e. The summed E-state index contributed by atoms with van der Waals surface area (Å²) in [6.07, 6.45) is 1.43. The number of fused-ring (bicyclic) bond motifs is 2. The number of rotatable bonds is 3. The van der Waals surface area contributed by atoms with Gasteiger partial charge in [-0.15, -0.1) is 0 Å². The van der Waals surface area contributed by atoms with Gasteiger partial charge in [0, 0.05) is 31.5 Å². The molecule has 1 aliphatic heterocycles. The predicted octanol–water partition coefficient (Wildman–Crippen LogP) is 1.56. The molecule has 0 spiro atoms. The zero-order valence-electron chi connectivity index (χ0n) is 17.0. The molecule has 3 fully saturated rings. The molecule has 2 saturated carbocycles. The van der Waals surface area contributed by atoms with Crippen molar-refractivity contribution in [2.75, 3.05) is 30.8 Å². The van der Waals surface area contributed by atoms with Crippen LogP contribution in [0, 0.1) is 17.7 Å². The number of hydrogen-bond acceptors (Lipinski definition) is 6. The minimum absolute atomic E-state index is 0.00998. The number of methoxy groups -OCH3 is 1. The van der Waals surface area contributed by atoms with Crippen LogP contribution in [0.5, 0.6) is 5.75 Å². The monoisotopic (exact) mass is 439 g/mol. The van der Waals surface area contributed by atoms with Crippen molar-refractivity contribution in [3.8, 4) is 5.75 Å². The molecule has 2 aromatic rings. The van der Waals surface area contributed by atoms with E-state index in [-0.39, 0.29) is 53.7 Å². The summed E-state index contributed by atoms with van der Waals surface area (Å²) in [5, 5.41) is -0.149. The molecule has 1 aromatic carbocycles. The first-order valence-electron chi connectivity index (χ1n) is 10.4. The number of hydrogen-bond donors (Lipinski definition) is 3. The SMILES string of the molecule is COc1c(N2CC3CCC(F)(F)C(N)C3C2)c(F)c(N)c2c(=O)[nH]c(=O)n(C3CC3)c12. The molecule has 1 aromatic heterocycles. The molecule has 3 unspecified atom stereocenters. The first-order valence-corrected chi connectivity index (χ1v) is 10.4. The average Bonchev–Trinajstić information content (AvgIpc) is 3.45. The van der Waals surface area contributed by atoms with E-state index in [9.17, 15) is 18.4 Å². The van der Waals surface area contributed by atoms with Crippen LogP contribution in [0.25, 0.3) is 10.9 Å². The largest absolute Gasteiger partial charge is 0.492 e. The summed E-state index contributed by atoms with van der Waals surface area (Å²) in [4.78, 5) is 28.9. The Bertz CT molecular complexity index is 1190. The third kappa shape index (κ3) is 2.85. The fourth-order valence-electron chi connectivity index (χ4n) is 5.28. The first-order chi connectivity index (χ1) is 14.7. The van der Waals surface area contributed by atoms with E-state index in [0.29, 0.717) is 6.54 Å². The number of ether oxygens (including phenoxy) is 1. The second-order valence-corrected chi connectivity index (χ2v) is 8.85. The van der Waals surface area contributed by atoms with Gasteiger partial charge in [-0.1, -0.05) is 0 Å². The summed E-state index contributed by atoms with van der Waals surface area (Å²) in [6, 6.07) is -1.47. The van der Waals surface area contributed by atoms with Crippen LogP contribution >= 0.6 is 0 Å². The van der Waals surface area contributed by atoms with Gasteiger partial charge in [-0.25, -0.2) is 18.0 Å². The molecule has 168 valence electrons. The third-order valence-corrected chi connectivity index (χ3v) is 7.01. The molecule has 3 atom stereocenters. The number of aromatic amines is 1. The number of nitrogen functional groups attached to an aromatic ring is 1. The van der Waals surface area contributed by atoms with Crippen LogP contribution in [0.2, 0.25) is 0 Å². The Balaban J connectivity index is 1.72. The Morgan fingerprint density at radius 1 is 1.19 bits per heavy atom. The lowest BCUT2D eigenvalue weighted by atomic mass is 9.76. The maximum atomic E-state index is 15.5. The van der Waals surface area contributed by atoms with Gasteiger partial charge >= 0.3 is 5.69 Å². The van der Waals surface area contributed by atoms with E-state index in [1.165, 1.54) is 11.7 Å². The molecule has 0 amide bonds. The molecular weight excluding hydrogens is 415 g/mol. The Hall–Kier alpha value is -2.69. The van der Waals surface area contributed by atoms with Gasteiger partial charge in [0.15, 0.2) is 11.6 Å². The van der Waals surface area contributed by atoms with Crippen LogP contribution in [0.1, 0.15) is 31.7 Å². The average molecular weight is 439 g/mol. The fourth-order valence-corrected chi connectivity index (χ4v) is 5.28. The number of alkyl halides is 2. The number of anilines is 2. The van der Waals surface area contributed by atoms with Gasteiger partial charge in [-0.3, -0.25) is 14.3 Å². The molecule has 31 heavy (non-hydrogen) atoms. The normalized spacial score (nSPS) is 27.5. The summed E-state index contributed by atoms with van der Waals surface area (Å²) in [7, 11) is 1.32. The number of nitrogens with two attached hydrogens (primary N) is 2. The van der Waals surface area contributed by atoms with E-state index in [2.05, 4.69) is 4.98 Å². The highest BCUT2D eigenvalue weighted by atomic mass is 19.3. The molecule has 0 bridgehead atoms. The highest BCUT2D eigenvalue weighted by Gasteiger charge is 2.52. The lowest BCUT2D eigenvalue weighted by Crippen LogP contribution is -2.52. The van der Waals surface area contributed by atoms with Crippen LogP contribution in [0.4, 0.5) is 24.5 Å². The van der Waals surface area contributed by atoms with Crippen LogP contribution in [0.3, 0.4) is 0 Å². The topological polar surface area (TPSA) is 119 Å². The standard InChI is InChI=1S/C20H24F3N5O3/c1-31-16-14-11(18(29)26-19(30)28(14)9-2-3-9)13(24)12(21)15(16)27-6-8-4-5-20(22,23)17(25)10(8)7-27/h8-10,17H,2-7,24-25H2,1H3,(H,26,29,30). The van der Waals surface area contributed by atoms with E-state index in [0.717, 1.165) is 12.8 Å². The van der Waals surface area contributed by atoms with E-state index >= 15 is 4.39 Å². The van der Waals surface area contributed by atoms with Crippen molar-refractivity contribution in [1.82, 2.24) is 9.55 Å². The highest BCUT2D eigenvalue weighted by molar-refractivity contribution is 5.99. The van der Waals surface area contributed by atoms with Crippen molar-refractivity contribution in [1.29, 1.82) is 0 Å². The molecule has 8 nitrogen and oxygen atoms in total. The van der Waals surface area contributed by atoms with Gasteiger partial charge in [-0.2, -0.15) is 0 Å². The van der Waals surface area contributed by atoms with Gasteiger partial charge in [-0.05, 0) is 25.2 Å². The summed E-state index contributed by atoms with van der Waals surface area (Å²) < 4.78 is 50.8. The van der Waals surface area contributed by atoms with E-state index in [1.807, 2.05) is 0 Å². The van der Waals surface area contributed by atoms with E-state index in [4.69, 9.17) is 16.2 Å². The van der Waals surface area contributed by atoms with Crippen molar-refractivity contribution >= 4 is 22.3 Å². The van der Waals surface area contributed by atoms with Gasteiger partial charge in [0.05, 0.1) is 24.2 Å². The molecule has 0 radical (unpaired) electrons. The molecule has 2 heterocycles. The molecule has 5 rings (SSSR count). The Morgan fingerprint density at radius 3 is 2.55 bits per heavy atom. The van der Waals surface area contributed by atoms with Crippen molar-refractivity contribution in [3.63, 3.8) is 0 Å². The zero-order valence-corrected chi connectivity index (χ0v) is 17.0. The number of benzene rings is 1. The number of aromatic nitrogens is 2. The second-order valence-electron chi connectivity index (χ2n) is 8.85. The smallest absolute Gasteiger partial charge is 0.329 e. The fraction of sp³-hybridized carbons (Fsp3) is 0.600. The minimum atomic E-state index is -2.97. The van der Waals surface area contributed by atoms with E-state index < -0.39 is 40.6 Å². The number of nitrogens with one attached hydrogen (secondary N) is 1. The molecule has 11 heteroatoms. The maximum absolute atomic E-state index is 15.5. The second kappa shape index (κ2) is 6.65. The van der Waals surface area contributed by atoms with E-state index in [1.54, 1.807) is 4.90 Å². The van der Waals surface area contributed by atoms with Crippen molar-refractivity contribution in [2.24, 2.45) is 17.6 Å². The number of nitrogens with zero attached hydrogens (tertiary/aromatic N) is 2. The summed E-state index contributed by atoms with van der Waals surface area (Å²) >= 11 is 0. The Labute approximate surface area is 174 Å². The third-order valence-electron chi connectivity index (χ3n) is 7.01. The Kier molecular flexibility index (Phi) is 4.34. The quantitative estimate of drug-likeness (QED) is 0.625. The van der Waals surface area contributed by atoms with Crippen molar-refractivity contribution in [2.45, 2.75) is 43.7 Å². The molecule has 2 aliphatic carbocycles. The van der Waals surface area contributed by atoms with Gasteiger partial charge in [0.1, 0.15) is 11.2 Å². The molecule has 5 N–H and O–H groups in total. The lowest BCUT2D eigenvalue weighted by Gasteiger charge is -2.36. The molecule has 1 saturated heterocycles.